The van der Waals surface area contributed by atoms with Crippen LogP contribution in [0, 0.1) is 17.7 Å². The van der Waals surface area contributed by atoms with E-state index in [4.69, 9.17) is 9.47 Å². The lowest BCUT2D eigenvalue weighted by Gasteiger charge is -2.14. The van der Waals surface area contributed by atoms with E-state index in [0.29, 0.717) is 5.56 Å². The minimum Gasteiger partial charge on any atom is -0.494 e. The molecule has 3 aromatic rings. The molecule has 1 N–H and O–H groups in total. The average molecular weight is 401 g/mol. The molecular weight excluding hydrogens is 381 g/mol. The van der Waals surface area contributed by atoms with E-state index < -0.39 is 11.9 Å². The number of methoxy groups -OCH3 is 1. The van der Waals surface area contributed by atoms with Crippen molar-refractivity contribution < 1.29 is 18.7 Å². The number of ether oxygens (including phenoxy) is 2. The van der Waals surface area contributed by atoms with Crippen molar-refractivity contribution in [1.82, 2.24) is 5.32 Å². The van der Waals surface area contributed by atoms with Crippen LogP contribution in [0.1, 0.15) is 22.6 Å². The summed E-state index contributed by atoms with van der Waals surface area (Å²) >= 11 is 0. The van der Waals surface area contributed by atoms with E-state index >= 15 is 0 Å². The lowest BCUT2D eigenvalue weighted by Crippen LogP contribution is -2.26. The summed E-state index contributed by atoms with van der Waals surface area (Å²) in [5, 5.41) is 2.62. The van der Waals surface area contributed by atoms with Crippen LogP contribution in [0.25, 0.3) is 11.1 Å². The molecule has 5 heteroatoms. The SMILES string of the molecule is COc1cc(C#CCNC(=O)OCC2c3ccccc3-c3ccccc32)ccc1F. The number of nitrogens with one attached hydrogen (secondary N) is 1. The van der Waals surface area contributed by atoms with Gasteiger partial charge >= 0.3 is 6.09 Å². The number of benzene rings is 3. The minimum atomic E-state index is -0.525. The van der Waals surface area contributed by atoms with Crippen molar-refractivity contribution in [3.05, 3.63) is 89.2 Å². The van der Waals surface area contributed by atoms with Gasteiger partial charge in [0.2, 0.25) is 0 Å². The summed E-state index contributed by atoms with van der Waals surface area (Å²) in [6.07, 6.45) is -0.525. The molecule has 0 bridgehead atoms. The highest BCUT2D eigenvalue weighted by Gasteiger charge is 2.28. The van der Waals surface area contributed by atoms with Crippen LogP contribution in [0.3, 0.4) is 0 Å². The fourth-order valence-corrected chi connectivity index (χ4v) is 3.65. The first kappa shape index (κ1) is 19.5. The van der Waals surface area contributed by atoms with Crippen molar-refractivity contribution in [2.45, 2.75) is 5.92 Å². The molecule has 0 atom stereocenters. The molecule has 150 valence electrons. The van der Waals surface area contributed by atoms with Gasteiger partial charge in [-0.15, -0.1) is 0 Å². The predicted octanol–water partition coefficient (Wildman–Crippen LogP) is 4.72. The largest absolute Gasteiger partial charge is 0.494 e. The van der Waals surface area contributed by atoms with Gasteiger partial charge in [0, 0.05) is 11.5 Å². The van der Waals surface area contributed by atoms with E-state index in [1.54, 1.807) is 6.07 Å². The molecule has 4 nitrogen and oxygen atoms in total. The Balaban J connectivity index is 1.34. The van der Waals surface area contributed by atoms with Gasteiger partial charge < -0.3 is 14.8 Å². The molecule has 0 heterocycles. The van der Waals surface area contributed by atoms with Crippen LogP contribution in [-0.4, -0.2) is 26.4 Å². The molecule has 0 fully saturated rings. The zero-order valence-electron chi connectivity index (χ0n) is 16.4. The van der Waals surface area contributed by atoms with E-state index in [9.17, 15) is 9.18 Å². The van der Waals surface area contributed by atoms with Gasteiger partial charge in [-0.3, -0.25) is 0 Å². The van der Waals surface area contributed by atoms with Crippen LogP contribution in [0.15, 0.2) is 66.7 Å². The number of amides is 1. The third-order valence-electron chi connectivity index (χ3n) is 5.05. The van der Waals surface area contributed by atoms with Crippen LogP contribution in [0.4, 0.5) is 9.18 Å². The smallest absolute Gasteiger partial charge is 0.407 e. The number of rotatable bonds is 4. The van der Waals surface area contributed by atoms with Gasteiger partial charge in [0.1, 0.15) is 6.61 Å². The summed E-state index contributed by atoms with van der Waals surface area (Å²) in [4.78, 5) is 12.1. The van der Waals surface area contributed by atoms with Crippen LogP contribution in [0.2, 0.25) is 0 Å². The summed E-state index contributed by atoms with van der Waals surface area (Å²) in [5.74, 6) is 5.38. The third kappa shape index (κ3) is 3.99. The van der Waals surface area contributed by atoms with Gasteiger partial charge in [0.05, 0.1) is 13.7 Å². The molecule has 0 radical (unpaired) electrons. The number of hydrogen-bond acceptors (Lipinski definition) is 3. The molecule has 0 aliphatic heterocycles. The molecule has 1 aliphatic carbocycles. The highest BCUT2D eigenvalue weighted by molar-refractivity contribution is 5.79. The predicted molar refractivity (Wildman–Crippen MR) is 113 cm³/mol. The maximum absolute atomic E-state index is 13.4. The number of alkyl carbamates (subject to hydrolysis) is 1. The molecule has 0 spiro atoms. The quantitative estimate of drug-likeness (QED) is 0.644. The Morgan fingerprint density at radius 3 is 2.37 bits per heavy atom. The highest BCUT2D eigenvalue weighted by atomic mass is 19.1. The van der Waals surface area contributed by atoms with Crippen molar-refractivity contribution in [3.63, 3.8) is 0 Å². The van der Waals surface area contributed by atoms with Gasteiger partial charge in [0.25, 0.3) is 0 Å². The molecule has 1 amide bonds. The Labute approximate surface area is 174 Å². The van der Waals surface area contributed by atoms with Crippen molar-refractivity contribution in [3.8, 4) is 28.7 Å². The summed E-state index contributed by atoms with van der Waals surface area (Å²) in [6.45, 7) is 0.374. The number of fused-ring (bicyclic) bond motifs is 3. The van der Waals surface area contributed by atoms with E-state index in [1.807, 2.05) is 24.3 Å². The van der Waals surface area contributed by atoms with Gasteiger partial charge in [-0.25, -0.2) is 9.18 Å². The summed E-state index contributed by atoms with van der Waals surface area (Å²) in [6, 6.07) is 20.7. The summed E-state index contributed by atoms with van der Waals surface area (Å²) in [7, 11) is 1.40. The van der Waals surface area contributed by atoms with Crippen molar-refractivity contribution >= 4 is 6.09 Å². The molecular formula is C25H20FNO3. The third-order valence-corrected chi connectivity index (χ3v) is 5.05. The second-order valence-corrected chi connectivity index (χ2v) is 6.83. The Bertz CT molecular complexity index is 1100. The summed E-state index contributed by atoms with van der Waals surface area (Å²) < 4.78 is 23.8. The Morgan fingerprint density at radius 2 is 1.70 bits per heavy atom. The average Bonchev–Trinajstić information content (AvgIpc) is 3.10. The Morgan fingerprint density at radius 1 is 1.03 bits per heavy atom. The maximum Gasteiger partial charge on any atom is 0.407 e. The number of carbonyl (C=O) groups excluding carboxylic acids is 1. The van der Waals surface area contributed by atoms with Crippen LogP contribution in [0.5, 0.6) is 5.75 Å². The summed E-state index contributed by atoms with van der Waals surface area (Å²) in [5.41, 5.74) is 5.29. The Hall–Kier alpha value is -3.78. The second kappa shape index (κ2) is 8.71. The normalized spacial score (nSPS) is 11.7. The zero-order chi connectivity index (χ0) is 20.9. The molecule has 0 unspecified atom stereocenters. The molecule has 0 saturated heterocycles. The maximum atomic E-state index is 13.4. The molecule has 3 aromatic carbocycles. The van der Waals surface area contributed by atoms with E-state index in [2.05, 4.69) is 41.4 Å². The van der Waals surface area contributed by atoms with Crippen LogP contribution < -0.4 is 10.1 Å². The second-order valence-electron chi connectivity index (χ2n) is 6.83. The van der Waals surface area contributed by atoms with Crippen molar-refractivity contribution in [2.24, 2.45) is 0 Å². The topological polar surface area (TPSA) is 47.6 Å². The highest BCUT2D eigenvalue weighted by Crippen LogP contribution is 2.44. The van der Waals surface area contributed by atoms with Gasteiger partial charge in [-0.2, -0.15) is 0 Å². The van der Waals surface area contributed by atoms with Crippen molar-refractivity contribution in [1.29, 1.82) is 0 Å². The fourth-order valence-electron chi connectivity index (χ4n) is 3.65. The molecule has 4 rings (SSSR count). The van der Waals surface area contributed by atoms with Crippen molar-refractivity contribution in [2.75, 3.05) is 20.3 Å². The molecule has 30 heavy (non-hydrogen) atoms. The molecule has 0 aromatic heterocycles. The first-order valence-corrected chi connectivity index (χ1v) is 9.58. The van der Waals surface area contributed by atoms with Gasteiger partial charge in [-0.1, -0.05) is 60.4 Å². The lowest BCUT2D eigenvalue weighted by molar-refractivity contribution is 0.144. The zero-order valence-corrected chi connectivity index (χ0v) is 16.4. The molecule has 0 saturated carbocycles. The fraction of sp³-hybridized carbons (Fsp3) is 0.160. The minimum absolute atomic E-state index is 0.0147. The standard InChI is InChI=1S/C25H20FNO3/c1-29-24-15-17(12-13-23(24)26)7-6-14-27-25(28)30-16-22-20-10-4-2-8-18(20)19-9-3-5-11-21(19)22/h2-5,8-13,15,22H,14,16H2,1H3,(H,27,28). The van der Waals surface area contributed by atoms with Crippen LogP contribution >= 0.6 is 0 Å². The number of halogens is 1. The number of carbonyl (C=O) groups is 1. The van der Waals surface area contributed by atoms with Crippen LogP contribution in [-0.2, 0) is 4.74 Å². The first-order valence-electron chi connectivity index (χ1n) is 9.58. The lowest BCUT2D eigenvalue weighted by atomic mass is 9.98. The van der Waals surface area contributed by atoms with Gasteiger partial charge in [-0.05, 0) is 40.5 Å². The number of hydrogen-bond donors (Lipinski definition) is 1. The molecule has 1 aliphatic rings. The monoisotopic (exact) mass is 401 g/mol. The van der Waals surface area contributed by atoms with E-state index in [1.165, 1.54) is 30.4 Å². The first-order chi connectivity index (χ1) is 14.7. The van der Waals surface area contributed by atoms with Gasteiger partial charge in [0.15, 0.2) is 11.6 Å². The van der Waals surface area contributed by atoms with E-state index in [0.717, 1.165) is 11.1 Å². The Kier molecular flexibility index (Phi) is 5.67. The van der Waals surface area contributed by atoms with E-state index in [-0.39, 0.29) is 24.8 Å².